The predicted octanol–water partition coefficient (Wildman–Crippen LogP) is 1.59. The molecule has 1 saturated heterocycles. The zero-order valence-corrected chi connectivity index (χ0v) is 12.3. The fraction of sp³-hybridized carbons (Fsp3) is 0.545. The lowest BCUT2D eigenvalue weighted by molar-refractivity contribution is 0.402. The van der Waals surface area contributed by atoms with Gasteiger partial charge >= 0.3 is 0 Å². The van der Waals surface area contributed by atoms with E-state index in [-0.39, 0.29) is 11.7 Å². The number of aromatic nitrogens is 1. The Balaban J connectivity index is 1.96. The lowest BCUT2D eigenvalue weighted by Gasteiger charge is -2.22. The molecule has 1 fully saturated rings. The number of pyridine rings is 1. The zero-order chi connectivity index (χ0) is 13.0. The van der Waals surface area contributed by atoms with Crippen LogP contribution in [0, 0.1) is 5.92 Å². The number of nitrogens with zero attached hydrogens (tertiary/aromatic N) is 1. The molecule has 0 radical (unpaired) electrons. The molecule has 0 aromatic carbocycles. The third kappa shape index (κ3) is 4.22. The highest BCUT2D eigenvalue weighted by Crippen LogP contribution is 2.16. The van der Waals surface area contributed by atoms with Crippen LogP contribution in [0.15, 0.2) is 22.8 Å². The average molecular weight is 334 g/mol. The summed E-state index contributed by atoms with van der Waals surface area (Å²) in [7, 11) is -3.30. The minimum absolute atomic E-state index is 0.173. The van der Waals surface area contributed by atoms with Crippen molar-refractivity contribution >= 4 is 31.8 Å². The van der Waals surface area contributed by atoms with Gasteiger partial charge < -0.3 is 5.32 Å². The molecule has 18 heavy (non-hydrogen) atoms. The first-order valence-corrected chi connectivity index (χ1v) is 8.32. The number of nitrogens with one attached hydrogen (secondary N) is 2. The van der Waals surface area contributed by atoms with E-state index in [0.29, 0.717) is 5.82 Å². The van der Waals surface area contributed by atoms with Crippen LogP contribution in [-0.4, -0.2) is 32.2 Å². The molecule has 0 atom stereocenters. The molecule has 0 unspecified atom stereocenters. The van der Waals surface area contributed by atoms with Gasteiger partial charge in [-0.2, -0.15) is 0 Å². The van der Waals surface area contributed by atoms with Crippen molar-refractivity contribution in [1.82, 2.24) is 10.3 Å². The topological polar surface area (TPSA) is 71.1 Å². The van der Waals surface area contributed by atoms with Crippen LogP contribution >= 0.6 is 15.9 Å². The fourth-order valence-electron chi connectivity index (χ4n) is 2.00. The van der Waals surface area contributed by atoms with Crippen molar-refractivity contribution in [3.8, 4) is 0 Å². The molecular weight excluding hydrogens is 318 g/mol. The number of halogens is 1. The summed E-state index contributed by atoms with van der Waals surface area (Å²) in [6.45, 7) is 1.80. The zero-order valence-electron chi connectivity index (χ0n) is 9.89. The van der Waals surface area contributed by atoms with E-state index in [0.717, 1.165) is 30.4 Å². The van der Waals surface area contributed by atoms with E-state index < -0.39 is 10.0 Å². The Labute approximate surface area is 116 Å². The normalized spacial score (nSPS) is 17.6. The lowest BCUT2D eigenvalue weighted by atomic mass is 10.0. The van der Waals surface area contributed by atoms with Crippen LogP contribution in [0.5, 0.6) is 0 Å². The molecule has 0 amide bonds. The van der Waals surface area contributed by atoms with Gasteiger partial charge in [-0.25, -0.2) is 13.4 Å². The van der Waals surface area contributed by atoms with Gasteiger partial charge in [0, 0.05) is 10.7 Å². The highest BCUT2D eigenvalue weighted by atomic mass is 79.9. The van der Waals surface area contributed by atoms with Crippen LogP contribution < -0.4 is 10.0 Å². The second kappa shape index (κ2) is 5.99. The summed E-state index contributed by atoms with van der Waals surface area (Å²) >= 11 is 3.26. The summed E-state index contributed by atoms with van der Waals surface area (Å²) in [5.41, 5.74) is 0. The summed E-state index contributed by atoms with van der Waals surface area (Å²) in [6, 6.07) is 3.40. The molecule has 1 aliphatic rings. The molecule has 1 aromatic heterocycles. The van der Waals surface area contributed by atoms with Gasteiger partial charge in [0.15, 0.2) is 0 Å². The molecule has 0 bridgehead atoms. The quantitative estimate of drug-likeness (QED) is 0.877. The summed E-state index contributed by atoms with van der Waals surface area (Å²) in [5, 5.41) is 3.22. The van der Waals surface area contributed by atoms with Gasteiger partial charge in [0.25, 0.3) is 0 Å². The second-order valence-electron chi connectivity index (χ2n) is 4.44. The number of hydrogen-bond donors (Lipinski definition) is 2. The highest BCUT2D eigenvalue weighted by molar-refractivity contribution is 9.10. The van der Waals surface area contributed by atoms with Gasteiger partial charge in [0.1, 0.15) is 5.82 Å². The third-order valence-electron chi connectivity index (χ3n) is 2.90. The van der Waals surface area contributed by atoms with Crippen molar-refractivity contribution in [2.45, 2.75) is 12.8 Å². The van der Waals surface area contributed by atoms with Crippen LogP contribution in [0.25, 0.3) is 0 Å². The summed E-state index contributed by atoms with van der Waals surface area (Å²) in [5.74, 6) is 0.776. The number of hydrogen-bond acceptors (Lipinski definition) is 4. The number of piperidine rings is 1. The van der Waals surface area contributed by atoms with Crippen molar-refractivity contribution in [3.05, 3.63) is 22.8 Å². The van der Waals surface area contributed by atoms with Crippen LogP contribution in [0.1, 0.15) is 12.8 Å². The first-order chi connectivity index (χ1) is 8.55. The molecule has 0 saturated carbocycles. The highest BCUT2D eigenvalue weighted by Gasteiger charge is 2.21. The maximum absolute atomic E-state index is 12.0. The standard InChI is InChI=1S/C11H16BrN3O2S/c12-10-1-2-11(14-7-10)15-18(16,17)8-9-3-5-13-6-4-9/h1-2,7,9,13H,3-6,8H2,(H,14,15). The molecule has 7 heteroatoms. The summed E-state index contributed by atoms with van der Waals surface area (Å²) in [6.07, 6.45) is 3.39. The third-order valence-corrected chi connectivity index (χ3v) is 4.80. The lowest BCUT2D eigenvalue weighted by Crippen LogP contribution is -2.33. The Morgan fingerprint density at radius 1 is 1.39 bits per heavy atom. The first-order valence-electron chi connectivity index (χ1n) is 5.88. The Morgan fingerprint density at radius 2 is 2.11 bits per heavy atom. The Bertz CT molecular complexity index is 484. The largest absolute Gasteiger partial charge is 0.317 e. The predicted molar refractivity (Wildman–Crippen MR) is 74.9 cm³/mol. The SMILES string of the molecule is O=S(=O)(CC1CCNCC1)Nc1ccc(Br)cn1. The minimum Gasteiger partial charge on any atom is -0.317 e. The van der Waals surface area contributed by atoms with Crippen molar-refractivity contribution in [2.24, 2.45) is 5.92 Å². The molecule has 1 aliphatic heterocycles. The van der Waals surface area contributed by atoms with Gasteiger partial charge in [-0.1, -0.05) is 0 Å². The number of rotatable bonds is 4. The van der Waals surface area contributed by atoms with Gasteiger partial charge in [0.05, 0.1) is 5.75 Å². The van der Waals surface area contributed by atoms with E-state index in [1.54, 1.807) is 18.3 Å². The molecule has 0 aliphatic carbocycles. The van der Waals surface area contributed by atoms with Gasteiger partial charge in [-0.3, -0.25) is 4.72 Å². The summed E-state index contributed by atoms with van der Waals surface area (Å²) in [4.78, 5) is 4.01. The van der Waals surface area contributed by atoms with Crippen LogP contribution in [0.2, 0.25) is 0 Å². The van der Waals surface area contributed by atoms with E-state index >= 15 is 0 Å². The van der Waals surface area contributed by atoms with E-state index in [2.05, 4.69) is 31.0 Å². The second-order valence-corrected chi connectivity index (χ2v) is 7.12. The van der Waals surface area contributed by atoms with Crippen molar-refractivity contribution in [2.75, 3.05) is 23.6 Å². The molecule has 2 rings (SSSR count). The summed E-state index contributed by atoms with van der Waals surface area (Å²) < 4.78 is 27.3. The first kappa shape index (κ1) is 13.8. The monoisotopic (exact) mass is 333 g/mol. The fourth-order valence-corrected chi connectivity index (χ4v) is 3.71. The number of anilines is 1. The molecule has 1 aromatic rings. The average Bonchev–Trinajstić information content (AvgIpc) is 2.32. The number of sulfonamides is 1. The van der Waals surface area contributed by atoms with Crippen LogP contribution in [-0.2, 0) is 10.0 Å². The molecule has 2 N–H and O–H groups in total. The smallest absolute Gasteiger partial charge is 0.234 e. The van der Waals surface area contributed by atoms with Crippen LogP contribution in [0.3, 0.4) is 0 Å². The van der Waals surface area contributed by atoms with E-state index in [9.17, 15) is 8.42 Å². The van der Waals surface area contributed by atoms with Crippen molar-refractivity contribution in [3.63, 3.8) is 0 Å². The minimum atomic E-state index is -3.30. The van der Waals surface area contributed by atoms with E-state index in [4.69, 9.17) is 0 Å². The van der Waals surface area contributed by atoms with Crippen molar-refractivity contribution in [1.29, 1.82) is 0 Å². The maximum atomic E-state index is 12.0. The molecule has 5 nitrogen and oxygen atoms in total. The molecule has 2 heterocycles. The Kier molecular flexibility index (Phi) is 4.58. The maximum Gasteiger partial charge on any atom is 0.234 e. The molecule has 100 valence electrons. The van der Waals surface area contributed by atoms with Gasteiger partial charge in [-0.15, -0.1) is 0 Å². The van der Waals surface area contributed by atoms with Crippen molar-refractivity contribution < 1.29 is 8.42 Å². The van der Waals surface area contributed by atoms with Gasteiger partial charge in [0.2, 0.25) is 10.0 Å². The molecule has 0 spiro atoms. The van der Waals surface area contributed by atoms with Crippen LogP contribution in [0.4, 0.5) is 5.82 Å². The van der Waals surface area contributed by atoms with Gasteiger partial charge in [-0.05, 0) is 59.9 Å². The Hall–Kier alpha value is -0.660. The van der Waals surface area contributed by atoms with E-state index in [1.807, 2.05) is 0 Å². The Morgan fingerprint density at radius 3 is 2.72 bits per heavy atom. The van der Waals surface area contributed by atoms with E-state index in [1.165, 1.54) is 0 Å². The molecular formula is C11H16BrN3O2S.